The average molecular weight is 615 g/mol. The van der Waals surface area contributed by atoms with Crippen LogP contribution in [-0.2, 0) is 28.6 Å². The molecule has 242 valence electrons. The van der Waals surface area contributed by atoms with Crippen LogP contribution in [0, 0.1) is 11.8 Å². The minimum Gasteiger partial charge on any atom is -0.439 e. The summed E-state index contributed by atoms with van der Waals surface area (Å²) in [4.78, 5) is 57.8. The first-order chi connectivity index (χ1) is 20.7. The molecular formula is C32H46N4O8. The number of aliphatic hydroxyl groups is 1. The number of ether oxygens (including phenoxy) is 3. The van der Waals surface area contributed by atoms with Crippen LogP contribution < -0.4 is 11.1 Å². The molecule has 0 unspecified atom stereocenters. The van der Waals surface area contributed by atoms with Gasteiger partial charge in [0.1, 0.15) is 11.8 Å². The van der Waals surface area contributed by atoms with E-state index < -0.39 is 53.9 Å². The van der Waals surface area contributed by atoms with E-state index in [-0.39, 0.29) is 34.9 Å². The van der Waals surface area contributed by atoms with E-state index in [1.54, 1.807) is 45.2 Å². The van der Waals surface area contributed by atoms with Gasteiger partial charge >= 0.3 is 6.09 Å². The van der Waals surface area contributed by atoms with Gasteiger partial charge in [-0.1, -0.05) is 38.2 Å². The third-order valence-electron chi connectivity index (χ3n) is 7.43. The van der Waals surface area contributed by atoms with E-state index in [2.05, 4.69) is 10.3 Å². The van der Waals surface area contributed by atoms with Crippen molar-refractivity contribution in [2.45, 2.75) is 65.0 Å². The molecule has 0 aromatic carbocycles. The molecule has 0 aromatic rings. The summed E-state index contributed by atoms with van der Waals surface area (Å²) in [7, 11) is 6.62. The highest BCUT2D eigenvalue weighted by Crippen LogP contribution is 2.29. The Kier molecular flexibility index (Phi) is 14.1. The smallest absolute Gasteiger partial charge is 0.405 e. The Balaban J connectivity index is 2.64. The molecule has 2 amide bonds. The number of nitrogens with one attached hydrogen (secondary N) is 1. The molecule has 0 saturated carbocycles. The molecule has 44 heavy (non-hydrogen) atoms. The zero-order chi connectivity index (χ0) is 33.1. The maximum absolute atomic E-state index is 13.7. The van der Waals surface area contributed by atoms with Crippen molar-refractivity contribution in [1.29, 1.82) is 0 Å². The van der Waals surface area contributed by atoms with Gasteiger partial charge in [-0.25, -0.2) is 4.79 Å². The van der Waals surface area contributed by atoms with Gasteiger partial charge in [-0.15, -0.1) is 0 Å². The molecule has 2 rings (SSSR count). The number of primary amides is 1. The highest BCUT2D eigenvalue weighted by Gasteiger charge is 2.33. The highest BCUT2D eigenvalue weighted by atomic mass is 16.6. The molecule has 6 atom stereocenters. The molecule has 2 bridgehead atoms. The summed E-state index contributed by atoms with van der Waals surface area (Å²) >= 11 is 0. The number of ketones is 2. The minimum atomic E-state index is -1.00. The maximum Gasteiger partial charge on any atom is 0.405 e. The van der Waals surface area contributed by atoms with E-state index in [1.807, 2.05) is 25.9 Å². The number of Topliss-reactive ketones (excluding diaryl/α,β-unsaturated/α-hetero) is 1. The maximum atomic E-state index is 13.7. The van der Waals surface area contributed by atoms with Crippen LogP contribution in [0.1, 0.15) is 40.5 Å². The summed E-state index contributed by atoms with van der Waals surface area (Å²) in [6.07, 6.45) is 5.23. The SMILES string of the molecule is CO[C@H]1/C=C\C=C(/C)C(=O)NC2=CC(=O)C(N=CCN(C)C)=C(C[C@@H](C)C[C@H](OC)[C@H](O)[C@@H](C)/C=C(\C)[C@@H]1OC(N)=O)C2=O. The van der Waals surface area contributed by atoms with Gasteiger partial charge in [0.2, 0.25) is 11.6 Å². The second-order valence-electron chi connectivity index (χ2n) is 11.5. The monoisotopic (exact) mass is 614 g/mol. The van der Waals surface area contributed by atoms with E-state index in [0.717, 1.165) is 6.08 Å². The van der Waals surface area contributed by atoms with Crippen LogP contribution in [0.15, 0.2) is 63.5 Å². The van der Waals surface area contributed by atoms with Crippen molar-refractivity contribution < 1.29 is 38.5 Å². The highest BCUT2D eigenvalue weighted by molar-refractivity contribution is 6.24. The number of hydrogen-bond donors (Lipinski definition) is 3. The molecule has 0 radical (unpaired) electrons. The van der Waals surface area contributed by atoms with Crippen LogP contribution in [0.2, 0.25) is 0 Å². The van der Waals surface area contributed by atoms with E-state index in [0.29, 0.717) is 18.5 Å². The normalized spacial score (nSPS) is 31.2. The van der Waals surface area contributed by atoms with Gasteiger partial charge in [-0.05, 0) is 52.3 Å². The molecule has 1 heterocycles. The van der Waals surface area contributed by atoms with Gasteiger partial charge in [0.15, 0.2) is 6.10 Å². The predicted octanol–water partition coefficient (Wildman–Crippen LogP) is 2.39. The first-order valence-electron chi connectivity index (χ1n) is 14.5. The van der Waals surface area contributed by atoms with Crippen molar-refractivity contribution in [3.63, 3.8) is 0 Å². The first kappa shape index (κ1) is 36.5. The van der Waals surface area contributed by atoms with Crippen molar-refractivity contribution in [3.05, 3.63) is 58.5 Å². The van der Waals surface area contributed by atoms with Crippen LogP contribution >= 0.6 is 0 Å². The molecule has 12 nitrogen and oxygen atoms in total. The van der Waals surface area contributed by atoms with Gasteiger partial charge in [0.25, 0.3) is 5.91 Å². The van der Waals surface area contributed by atoms with E-state index >= 15 is 0 Å². The molecule has 1 aliphatic carbocycles. The summed E-state index contributed by atoms with van der Waals surface area (Å²) in [5, 5.41) is 13.8. The van der Waals surface area contributed by atoms with E-state index in [9.17, 15) is 24.3 Å². The van der Waals surface area contributed by atoms with Crippen molar-refractivity contribution in [2.75, 3.05) is 34.9 Å². The Hall–Kier alpha value is -3.71. The summed E-state index contributed by atoms with van der Waals surface area (Å²) in [6.45, 7) is 7.42. The van der Waals surface area contributed by atoms with Crippen molar-refractivity contribution in [3.8, 4) is 0 Å². The van der Waals surface area contributed by atoms with Gasteiger partial charge in [0, 0.05) is 50.1 Å². The average Bonchev–Trinajstić information content (AvgIpc) is 2.95. The number of hydrogen-bond acceptors (Lipinski definition) is 10. The van der Waals surface area contributed by atoms with Crippen LogP contribution in [0.4, 0.5) is 4.79 Å². The Morgan fingerprint density at radius 3 is 2.45 bits per heavy atom. The molecule has 12 heteroatoms. The standard InChI is InChI=1S/C32H46N4O8/c1-18-14-22-27(34-12-13-36(5)6)24(37)17-23(29(22)39)35-31(40)19(2)10-9-11-25(42-7)30(44-32(33)41)21(4)16-20(3)28(38)26(15-18)43-8/h9-12,16-18,20,25-26,28,30,38H,13-15H2,1-8H3,(H2,33,41)(H,35,40)/b11-9-,19-10+,21-16+,34-12?/t18-,20+,25+,26+,28-,30+/m1/s1. The molecule has 0 aromatic heterocycles. The molecule has 2 aliphatic rings. The largest absolute Gasteiger partial charge is 0.439 e. The number of nitrogens with zero attached hydrogens (tertiary/aromatic N) is 2. The lowest BCUT2D eigenvalue weighted by Crippen LogP contribution is -2.37. The Morgan fingerprint density at radius 1 is 1.18 bits per heavy atom. The van der Waals surface area contributed by atoms with Crippen molar-refractivity contribution in [2.24, 2.45) is 22.6 Å². The topological polar surface area (TPSA) is 170 Å². The van der Waals surface area contributed by atoms with Crippen LogP contribution in [0.3, 0.4) is 0 Å². The number of carbonyl (C=O) groups is 4. The number of aliphatic hydroxyl groups excluding tert-OH is 1. The number of methoxy groups -OCH3 is 2. The second-order valence-corrected chi connectivity index (χ2v) is 11.5. The lowest BCUT2D eigenvalue weighted by atomic mass is 9.85. The summed E-state index contributed by atoms with van der Waals surface area (Å²) in [5.74, 6) is -2.26. The van der Waals surface area contributed by atoms with Crippen LogP contribution in [0.5, 0.6) is 0 Å². The van der Waals surface area contributed by atoms with E-state index in [4.69, 9.17) is 19.9 Å². The summed E-state index contributed by atoms with van der Waals surface area (Å²) in [6, 6.07) is 0. The fourth-order valence-corrected chi connectivity index (χ4v) is 5.01. The van der Waals surface area contributed by atoms with Gasteiger partial charge in [-0.3, -0.25) is 19.4 Å². The Labute approximate surface area is 259 Å². The summed E-state index contributed by atoms with van der Waals surface area (Å²) in [5.41, 5.74) is 6.23. The molecular weight excluding hydrogens is 568 g/mol. The van der Waals surface area contributed by atoms with Gasteiger partial charge < -0.3 is 35.3 Å². The number of fused-ring (bicyclic) bond motifs is 2. The first-order valence-corrected chi connectivity index (χ1v) is 14.5. The minimum absolute atomic E-state index is 0.0235. The number of nitrogens with two attached hydrogens (primary N) is 1. The fraction of sp³-hybridized carbons (Fsp3) is 0.531. The van der Waals surface area contributed by atoms with Crippen molar-refractivity contribution >= 4 is 29.8 Å². The fourth-order valence-electron chi connectivity index (χ4n) is 5.01. The zero-order valence-electron chi connectivity index (χ0n) is 26.8. The van der Waals surface area contributed by atoms with Crippen LogP contribution in [-0.4, -0.2) is 99.1 Å². The molecule has 0 fully saturated rings. The quantitative estimate of drug-likeness (QED) is 0.231. The number of amides is 2. The number of allylic oxidation sites excluding steroid dienone is 4. The third kappa shape index (κ3) is 10.2. The summed E-state index contributed by atoms with van der Waals surface area (Å²) < 4.78 is 16.6. The second kappa shape index (κ2) is 17.0. The predicted molar refractivity (Wildman–Crippen MR) is 167 cm³/mol. The Bertz CT molecular complexity index is 1280. The number of aliphatic imine (C=N–C) groups is 1. The lowest BCUT2D eigenvalue weighted by Gasteiger charge is -2.29. The molecule has 4 N–H and O–H groups in total. The molecule has 0 saturated heterocycles. The third-order valence-corrected chi connectivity index (χ3v) is 7.43. The number of rotatable bonds is 6. The van der Waals surface area contributed by atoms with Crippen molar-refractivity contribution in [1.82, 2.24) is 10.2 Å². The van der Waals surface area contributed by atoms with Gasteiger partial charge in [0.05, 0.1) is 17.9 Å². The lowest BCUT2D eigenvalue weighted by molar-refractivity contribution is -0.120. The van der Waals surface area contributed by atoms with E-state index in [1.165, 1.54) is 20.3 Å². The Morgan fingerprint density at radius 2 is 1.86 bits per heavy atom. The molecule has 0 spiro atoms. The van der Waals surface area contributed by atoms with Crippen LogP contribution in [0.25, 0.3) is 0 Å². The molecule has 1 aliphatic heterocycles. The zero-order valence-corrected chi connectivity index (χ0v) is 26.8. The van der Waals surface area contributed by atoms with Gasteiger partial charge in [-0.2, -0.15) is 0 Å². The number of carbonyl (C=O) groups excluding carboxylic acids is 4.